The van der Waals surface area contributed by atoms with Crippen LogP contribution in [-0.4, -0.2) is 0 Å². The molecule has 0 aliphatic heterocycles. The lowest BCUT2D eigenvalue weighted by molar-refractivity contribution is 1.31. The van der Waals surface area contributed by atoms with Crippen LogP contribution in [0.1, 0.15) is 27.8 Å². The number of rotatable bonds is 1. The molecular formula is C33H21. The molecule has 2 aliphatic carbocycles. The standard InChI is InChI=1S/C33H21/c1-2-12-22(13-3-1)31-32-27-18-8-4-14-23(27)24-15-5-9-19-28(24)33(31)30-21-11-7-17-26(30)25-16-6-10-20-29(25)32/h1-21H. The average Bonchev–Trinajstić information content (AvgIpc) is 3.10. The van der Waals surface area contributed by atoms with Crippen molar-refractivity contribution in [2.24, 2.45) is 0 Å². The van der Waals surface area contributed by atoms with Crippen molar-refractivity contribution in [1.82, 2.24) is 0 Å². The summed E-state index contributed by atoms with van der Waals surface area (Å²) in [6.07, 6.45) is 0. The Morgan fingerprint density at radius 1 is 0.242 bits per heavy atom. The van der Waals surface area contributed by atoms with Gasteiger partial charge in [-0.15, -0.1) is 0 Å². The molecule has 2 bridgehead atoms. The van der Waals surface area contributed by atoms with Crippen molar-refractivity contribution in [3.05, 3.63) is 161 Å². The van der Waals surface area contributed by atoms with E-state index in [1.807, 2.05) is 0 Å². The molecule has 0 heteroatoms. The molecule has 1 radical (unpaired) electrons. The highest BCUT2D eigenvalue weighted by Gasteiger charge is 2.36. The first-order valence-electron chi connectivity index (χ1n) is 11.5. The molecule has 0 spiro atoms. The Kier molecular flexibility index (Phi) is 4.01. The van der Waals surface area contributed by atoms with E-state index in [1.54, 1.807) is 0 Å². The third kappa shape index (κ3) is 2.64. The maximum Gasteiger partial charge on any atom is 0.0654 e. The predicted molar refractivity (Wildman–Crippen MR) is 138 cm³/mol. The molecule has 5 aromatic carbocycles. The van der Waals surface area contributed by atoms with Crippen LogP contribution in [0.15, 0.2) is 127 Å². The van der Waals surface area contributed by atoms with E-state index in [9.17, 15) is 0 Å². The number of allylic oxidation sites excluding steroid dienone is 1. The summed E-state index contributed by atoms with van der Waals surface area (Å²) >= 11 is 0. The summed E-state index contributed by atoms with van der Waals surface area (Å²) in [5, 5.41) is 0. The third-order valence-electron chi connectivity index (χ3n) is 6.93. The van der Waals surface area contributed by atoms with Gasteiger partial charge < -0.3 is 0 Å². The smallest absolute Gasteiger partial charge is 0.0622 e. The lowest BCUT2D eigenvalue weighted by Crippen LogP contribution is -2.07. The topological polar surface area (TPSA) is 0 Å². The highest BCUT2D eigenvalue weighted by Crippen LogP contribution is 2.55. The minimum Gasteiger partial charge on any atom is -0.0622 e. The minimum absolute atomic E-state index is 1.25. The van der Waals surface area contributed by atoms with Crippen LogP contribution in [0.3, 0.4) is 0 Å². The number of hydrogen-bond acceptors (Lipinski definition) is 0. The molecule has 0 amide bonds. The Hall–Kier alpha value is -4.16. The second-order valence-corrected chi connectivity index (χ2v) is 8.67. The molecule has 153 valence electrons. The first-order valence-corrected chi connectivity index (χ1v) is 11.5. The second kappa shape index (κ2) is 7.18. The number of hydrogen-bond donors (Lipinski definition) is 0. The summed E-state index contributed by atoms with van der Waals surface area (Å²) in [4.78, 5) is 0. The lowest BCUT2D eigenvalue weighted by Gasteiger charge is -2.23. The van der Waals surface area contributed by atoms with Crippen LogP contribution in [0, 0.1) is 5.92 Å². The van der Waals surface area contributed by atoms with Gasteiger partial charge in [0, 0.05) is 0 Å². The van der Waals surface area contributed by atoms with Crippen LogP contribution >= 0.6 is 0 Å². The van der Waals surface area contributed by atoms with Crippen molar-refractivity contribution in [2.75, 3.05) is 0 Å². The first-order chi connectivity index (χ1) is 16.4. The lowest BCUT2D eigenvalue weighted by atomic mass is 9.78. The Bertz CT molecular complexity index is 1460. The molecule has 0 aromatic heterocycles. The maximum absolute atomic E-state index is 2.29. The van der Waals surface area contributed by atoms with E-state index in [2.05, 4.69) is 127 Å². The summed E-state index contributed by atoms with van der Waals surface area (Å²) < 4.78 is 0. The van der Waals surface area contributed by atoms with E-state index in [4.69, 9.17) is 0 Å². The molecule has 0 nitrogen and oxygen atoms in total. The molecule has 0 fully saturated rings. The first kappa shape index (κ1) is 18.4. The zero-order chi connectivity index (χ0) is 21.8. The molecule has 0 heterocycles. The second-order valence-electron chi connectivity index (χ2n) is 8.67. The van der Waals surface area contributed by atoms with Crippen molar-refractivity contribution in [1.29, 1.82) is 0 Å². The van der Waals surface area contributed by atoms with E-state index in [1.165, 1.54) is 67.1 Å². The molecule has 7 rings (SSSR count). The van der Waals surface area contributed by atoms with Gasteiger partial charge in [0.25, 0.3) is 0 Å². The quantitative estimate of drug-likeness (QED) is 0.257. The van der Waals surface area contributed by atoms with E-state index in [-0.39, 0.29) is 0 Å². The zero-order valence-electron chi connectivity index (χ0n) is 18.1. The molecule has 0 saturated heterocycles. The summed E-state index contributed by atoms with van der Waals surface area (Å²) in [6, 6.07) is 46.5. The van der Waals surface area contributed by atoms with Crippen molar-refractivity contribution in [3.8, 4) is 22.3 Å². The largest absolute Gasteiger partial charge is 0.0654 e. The molecular weight excluding hydrogens is 396 g/mol. The van der Waals surface area contributed by atoms with E-state index in [0.29, 0.717) is 0 Å². The van der Waals surface area contributed by atoms with Gasteiger partial charge in [0.2, 0.25) is 0 Å². The van der Waals surface area contributed by atoms with Gasteiger partial charge in [0.15, 0.2) is 0 Å². The summed E-state index contributed by atoms with van der Waals surface area (Å²) in [6.45, 7) is 0. The predicted octanol–water partition coefficient (Wildman–Crippen LogP) is 8.28. The SMILES string of the molecule is c1ccc(C2=C3c4ccccc4-c4ccccc4[C]2c2ccccc2-c2ccccc23)cc1. The molecule has 0 unspecified atom stereocenters. The van der Waals surface area contributed by atoms with Crippen LogP contribution in [0.4, 0.5) is 0 Å². The van der Waals surface area contributed by atoms with Crippen LogP contribution in [0.2, 0.25) is 0 Å². The average molecular weight is 418 g/mol. The monoisotopic (exact) mass is 417 g/mol. The fourth-order valence-corrected chi connectivity index (χ4v) is 5.59. The van der Waals surface area contributed by atoms with Crippen LogP contribution in [0.25, 0.3) is 33.4 Å². The van der Waals surface area contributed by atoms with Crippen LogP contribution in [-0.2, 0) is 0 Å². The highest BCUT2D eigenvalue weighted by atomic mass is 14.4. The zero-order valence-corrected chi connectivity index (χ0v) is 18.1. The van der Waals surface area contributed by atoms with Gasteiger partial charge in [0.1, 0.15) is 0 Å². The molecule has 33 heavy (non-hydrogen) atoms. The van der Waals surface area contributed by atoms with Gasteiger partial charge in [-0.2, -0.15) is 0 Å². The van der Waals surface area contributed by atoms with Gasteiger partial charge in [-0.05, 0) is 61.2 Å². The molecule has 0 atom stereocenters. The Morgan fingerprint density at radius 3 is 1.03 bits per heavy atom. The summed E-state index contributed by atoms with van der Waals surface area (Å²) in [5.41, 5.74) is 14.2. The maximum atomic E-state index is 2.29. The van der Waals surface area contributed by atoms with E-state index < -0.39 is 0 Å². The molecule has 2 aliphatic rings. The molecule has 0 saturated carbocycles. The molecule has 0 N–H and O–H groups in total. The Balaban J connectivity index is 1.76. The van der Waals surface area contributed by atoms with Gasteiger partial charge in [0.05, 0.1) is 5.92 Å². The highest BCUT2D eigenvalue weighted by molar-refractivity contribution is 6.15. The fraction of sp³-hybridized carbons (Fsp3) is 0. The Morgan fingerprint density at radius 2 is 0.576 bits per heavy atom. The summed E-state index contributed by atoms with van der Waals surface area (Å²) in [5.74, 6) is 1.31. The van der Waals surface area contributed by atoms with Crippen molar-refractivity contribution < 1.29 is 0 Å². The Labute approximate surface area is 194 Å². The van der Waals surface area contributed by atoms with Gasteiger partial charge in [-0.1, -0.05) is 127 Å². The molecule has 5 aromatic rings. The third-order valence-corrected chi connectivity index (χ3v) is 6.93. The van der Waals surface area contributed by atoms with Crippen molar-refractivity contribution in [2.45, 2.75) is 0 Å². The van der Waals surface area contributed by atoms with Crippen LogP contribution < -0.4 is 0 Å². The van der Waals surface area contributed by atoms with Crippen molar-refractivity contribution >= 4 is 11.1 Å². The van der Waals surface area contributed by atoms with Crippen LogP contribution in [0.5, 0.6) is 0 Å². The van der Waals surface area contributed by atoms with E-state index in [0.717, 1.165) is 0 Å². The summed E-state index contributed by atoms with van der Waals surface area (Å²) in [7, 11) is 0. The van der Waals surface area contributed by atoms with Crippen molar-refractivity contribution in [3.63, 3.8) is 0 Å². The van der Waals surface area contributed by atoms with Gasteiger partial charge in [-0.3, -0.25) is 0 Å². The van der Waals surface area contributed by atoms with E-state index >= 15 is 0 Å². The normalized spacial score (nSPS) is 13.8. The van der Waals surface area contributed by atoms with Gasteiger partial charge in [-0.25, -0.2) is 0 Å². The number of benzene rings is 5. The van der Waals surface area contributed by atoms with Gasteiger partial charge >= 0.3 is 0 Å². The number of fused-ring (bicyclic) bond motifs is 11. The minimum atomic E-state index is 1.25. The fourth-order valence-electron chi connectivity index (χ4n) is 5.59.